The lowest BCUT2D eigenvalue weighted by Crippen LogP contribution is -2.68. The predicted molar refractivity (Wildman–Crippen MR) is 124 cm³/mol. The molecule has 3 rings (SSSR count). The minimum Gasteiger partial charge on any atom is -0.465 e. The number of carbonyl (C=O) groups excluding carboxylic acids is 2. The Balaban J connectivity index is 1.97. The van der Waals surface area contributed by atoms with Crippen LogP contribution in [0.1, 0.15) is 43.5 Å². The molecule has 0 bridgehead atoms. The number of amides is 3. The van der Waals surface area contributed by atoms with Crippen LogP contribution in [0.3, 0.4) is 0 Å². The molecule has 1 atom stereocenters. The predicted octanol–water partition coefficient (Wildman–Crippen LogP) is 3.49. The van der Waals surface area contributed by atoms with Crippen LogP contribution in [0.4, 0.5) is 19.3 Å². The first-order valence-electron chi connectivity index (χ1n) is 11.1. The third-order valence-corrected chi connectivity index (χ3v) is 5.93. The minimum absolute atomic E-state index is 0.0165. The van der Waals surface area contributed by atoms with Gasteiger partial charge in [0.25, 0.3) is 0 Å². The van der Waals surface area contributed by atoms with Crippen LogP contribution in [-0.2, 0) is 15.0 Å². The van der Waals surface area contributed by atoms with Crippen molar-refractivity contribution in [2.24, 2.45) is 0 Å². The van der Waals surface area contributed by atoms with E-state index < -0.39 is 41.9 Å². The van der Waals surface area contributed by atoms with Gasteiger partial charge >= 0.3 is 12.7 Å². The molecule has 11 heteroatoms. The van der Waals surface area contributed by atoms with Gasteiger partial charge in [0.15, 0.2) is 0 Å². The largest absolute Gasteiger partial charge is 0.465 e. The smallest absolute Gasteiger partial charge is 0.405 e. The third kappa shape index (κ3) is 5.50. The molecular formula is C24H28F2N4O5. The summed E-state index contributed by atoms with van der Waals surface area (Å²) in [6, 6.07) is 9.32. The number of aryl methyl sites for hydroxylation is 1. The van der Waals surface area contributed by atoms with E-state index in [1.54, 1.807) is 25.1 Å². The average molecular weight is 491 g/mol. The molecule has 1 fully saturated rings. The number of carbonyl (C=O) groups is 3. The number of aromatic nitrogens is 1. The Morgan fingerprint density at radius 1 is 1.11 bits per heavy atom. The summed E-state index contributed by atoms with van der Waals surface area (Å²) in [7, 11) is 0. The van der Waals surface area contributed by atoms with Crippen molar-refractivity contribution in [2.75, 3.05) is 18.4 Å². The maximum Gasteiger partial charge on any atom is 0.405 e. The van der Waals surface area contributed by atoms with Crippen molar-refractivity contribution in [3.8, 4) is 5.88 Å². The highest BCUT2D eigenvalue weighted by molar-refractivity contribution is 6.03. The van der Waals surface area contributed by atoms with Crippen molar-refractivity contribution in [2.45, 2.75) is 51.7 Å². The summed E-state index contributed by atoms with van der Waals surface area (Å²) in [5, 5.41) is 13.7. The molecule has 1 saturated heterocycles. The zero-order chi connectivity index (χ0) is 25.9. The minimum atomic E-state index is -3.13. The number of nitrogens with one attached hydrogen (secondary N) is 2. The van der Waals surface area contributed by atoms with Gasteiger partial charge in [-0.25, -0.2) is 9.78 Å². The van der Waals surface area contributed by atoms with E-state index in [1.165, 1.54) is 17.9 Å². The fourth-order valence-electron chi connectivity index (χ4n) is 4.20. The van der Waals surface area contributed by atoms with Crippen LogP contribution >= 0.6 is 0 Å². The molecule has 1 aromatic heterocycles. The van der Waals surface area contributed by atoms with Crippen LogP contribution in [0, 0.1) is 6.92 Å². The van der Waals surface area contributed by atoms with Crippen LogP contribution in [0.25, 0.3) is 0 Å². The Morgan fingerprint density at radius 2 is 1.77 bits per heavy atom. The van der Waals surface area contributed by atoms with E-state index in [1.807, 2.05) is 26.0 Å². The number of pyridine rings is 1. The van der Waals surface area contributed by atoms with Crippen LogP contribution in [0.5, 0.6) is 5.88 Å². The third-order valence-electron chi connectivity index (χ3n) is 5.93. The molecule has 2 aromatic rings. The number of hydrogen-bond acceptors (Lipinski definition) is 5. The van der Waals surface area contributed by atoms with Crippen LogP contribution < -0.4 is 15.4 Å². The van der Waals surface area contributed by atoms with Crippen molar-refractivity contribution >= 4 is 23.6 Å². The lowest BCUT2D eigenvalue weighted by atomic mass is 9.69. The Hall–Kier alpha value is -3.76. The first-order valence-corrected chi connectivity index (χ1v) is 11.1. The van der Waals surface area contributed by atoms with Crippen LogP contribution in [-0.4, -0.2) is 58.6 Å². The van der Waals surface area contributed by atoms with Crippen molar-refractivity contribution < 1.29 is 33.0 Å². The van der Waals surface area contributed by atoms with E-state index in [4.69, 9.17) is 5.11 Å². The lowest BCUT2D eigenvalue weighted by molar-refractivity contribution is -0.145. The van der Waals surface area contributed by atoms with Gasteiger partial charge in [-0.15, -0.1) is 0 Å². The van der Waals surface area contributed by atoms with Crippen molar-refractivity contribution in [1.82, 2.24) is 15.2 Å². The number of benzene rings is 1. The molecule has 0 radical (unpaired) electrons. The highest BCUT2D eigenvalue weighted by Crippen LogP contribution is 2.40. The highest BCUT2D eigenvalue weighted by Gasteiger charge is 2.54. The van der Waals surface area contributed by atoms with Gasteiger partial charge in [-0.05, 0) is 43.0 Å². The number of alkyl halides is 2. The second-order valence-electron chi connectivity index (χ2n) is 8.83. The van der Waals surface area contributed by atoms with E-state index in [0.717, 1.165) is 5.56 Å². The van der Waals surface area contributed by atoms with Gasteiger partial charge in [-0.3, -0.25) is 9.59 Å². The number of halogens is 2. The van der Waals surface area contributed by atoms with E-state index in [9.17, 15) is 23.2 Å². The summed E-state index contributed by atoms with van der Waals surface area (Å²) in [5.41, 5.74) is 0.822. The zero-order valence-corrected chi connectivity index (χ0v) is 19.8. The maximum absolute atomic E-state index is 13.7. The Kier molecular flexibility index (Phi) is 7.57. The summed E-state index contributed by atoms with van der Waals surface area (Å²) >= 11 is 0. The van der Waals surface area contributed by atoms with E-state index in [2.05, 4.69) is 20.4 Å². The van der Waals surface area contributed by atoms with E-state index in [-0.39, 0.29) is 24.7 Å². The summed E-state index contributed by atoms with van der Waals surface area (Å²) < 4.78 is 30.4. The highest BCUT2D eigenvalue weighted by atomic mass is 19.3. The molecule has 0 unspecified atom stereocenters. The summed E-state index contributed by atoms with van der Waals surface area (Å²) in [6.45, 7) is 3.81. The van der Waals surface area contributed by atoms with Gasteiger partial charge in [-0.1, -0.05) is 38.1 Å². The summed E-state index contributed by atoms with van der Waals surface area (Å²) in [6.07, 6.45) is -1.33. The molecule has 0 aliphatic carbocycles. The monoisotopic (exact) mass is 490 g/mol. The molecule has 2 heterocycles. The molecule has 3 N–H and O–H groups in total. The number of rotatable bonds is 8. The first kappa shape index (κ1) is 25.9. The fraction of sp³-hybridized carbons (Fsp3) is 0.417. The van der Waals surface area contributed by atoms with Gasteiger partial charge in [0.1, 0.15) is 17.1 Å². The molecule has 188 valence electrons. The molecule has 9 nitrogen and oxygen atoms in total. The Bertz CT molecular complexity index is 1120. The van der Waals surface area contributed by atoms with Crippen LogP contribution in [0.2, 0.25) is 0 Å². The van der Waals surface area contributed by atoms with Gasteiger partial charge in [0.2, 0.25) is 17.7 Å². The van der Waals surface area contributed by atoms with Gasteiger partial charge < -0.3 is 25.4 Å². The maximum atomic E-state index is 13.7. The number of nitrogens with zero attached hydrogens (tertiary/aromatic N) is 2. The number of carboxylic acid groups (broad SMARTS) is 1. The molecule has 1 aliphatic heterocycles. The lowest BCUT2D eigenvalue weighted by Gasteiger charge is -2.50. The van der Waals surface area contributed by atoms with Gasteiger partial charge in [0, 0.05) is 18.8 Å². The van der Waals surface area contributed by atoms with Crippen molar-refractivity contribution in [3.05, 3.63) is 53.2 Å². The van der Waals surface area contributed by atoms with E-state index in [0.29, 0.717) is 11.3 Å². The van der Waals surface area contributed by atoms with Gasteiger partial charge in [0.05, 0.1) is 0 Å². The Morgan fingerprint density at radius 3 is 2.37 bits per heavy atom. The standard InChI is InChI=1S/C24H28F2N4O5/c1-13(2)16-7-5-6-8-17(16)24(11-30(12-24)20(31)15(4)28-23(33)34)21(32)29-18-10-9-14(3)27-19(18)35-22(25)26/h5-10,13,15,22,28H,11-12H2,1-4H3,(H,29,32)(H,33,34)/t15-/m0/s1. The van der Waals surface area contributed by atoms with Crippen molar-refractivity contribution in [1.29, 1.82) is 0 Å². The Labute approximate surface area is 201 Å². The molecule has 1 aromatic carbocycles. The number of anilines is 1. The van der Waals surface area contributed by atoms with E-state index >= 15 is 0 Å². The second-order valence-corrected chi connectivity index (χ2v) is 8.83. The first-order chi connectivity index (χ1) is 16.4. The van der Waals surface area contributed by atoms with Crippen LogP contribution in [0.15, 0.2) is 36.4 Å². The van der Waals surface area contributed by atoms with Crippen molar-refractivity contribution in [3.63, 3.8) is 0 Å². The zero-order valence-electron chi connectivity index (χ0n) is 19.8. The molecule has 3 amide bonds. The fourth-order valence-corrected chi connectivity index (χ4v) is 4.20. The number of likely N-dealkylation sites (tertiary alicyclic amines) is 1. The second kappa shape index (κ2) is 10.2. The quantitative estimate of drug-likeness (QED) is 0.521. The van der Waals surface area contributed by atoms with Gasteiger partial charge in [-0.2, -0.15) is 8.78 Å². The molecule has 1 aliphatic rings. The normalized spacial score (nSPS) is 15.4. The summed E-state index contributed by atoms with van der Waals surface area (Å²) in [4.78, 5) is 42.7. The molecule has 0 saturated carbocycles. The molecular weight excluding hydrogens is 462 g/mol. The topological polar surface area (TPSA) is 121 Å². The average Bonchev–Trinajstić information content (AvgIpc) is 2.74. The SMILES string of the molecule is Cc1ccc(NC(=O)C2(c3ccccc3C(C)C)CN(C(=O)[C@H](C)NC(=O)O)C2)c(OC(F)F)n1. The number of ether oxygens (including phenoxy) is 1. The molecule has 35 heavy (non-hydrogen) atoms. The number of hydrogen-bond donors (Lipinski definition) is 3. The molecule has 0 spiro atoms. The summed E-state index contributed by atoms with van der Waals surface area (Å²) in [5.74, 6) is -1.34.